The SMILES string of the molecule is Cc1cc(C#N)cc(C)c1Oc1nc(NC2CCN(CC(=O)N3CCOCC3)CC2)nc2c1CSC2. The number of nitriles is 1. The smallest absolute Gasteiger partial charge is 0.236 e. The van der Waals surface area contributed by atoms with Gasteiger partial charge in [-0.25, -0.2) is 4.98 Å². The highest BCUT2D eigenvalue weighted by atomic mass is 32.2. The van der Waals surface area contributed by atoms with Gasteiger partial charge in [-0.05, 0) is 49.9 Å². The number of likely N-dealkylation sites (tertiary alicyclic amines) is 1. The molecule has 4 heterocycles. The zero-order valence-corrected chi connectivity index (χ0v) is 21.7. The van der Waals surface area contributed by atoms with E-state index in [1.54, 1.807) is 0 Å². The maximum absolute atomic E-state index is 12.6. The summed E-state index contributed by atoms with van der Waals surface area (Å²) in [5.41, 5.74) is 4.52. The van der Waals surface area contributed by atoms with E-state index in [2.05, 4.69) is 16.3 Å². The highest BCUT2D eigenvalue weighted by Crippen LogP contribution is 2.38. The van der Waals surface area contributed by atoms with Crippen molar-refractivity contribution in [1.82, 2.24) is 19.8 Å². The van der Waals surface area contributed by atoms with Crippen molar-refractivity contribution in [2.45, 2.75) is 44.2 Å². The van der Waals surface area contributed by atoms with E-state index in [0.717, 1.165) is 65.6 Å². The molecule has 3 aliphatic heterocycles. The van der Waals surface area contributed by atoms with E-state index in [4.69, 9.17) is 19.4 Å². The second-order valence-electron chi connectivity index (χ2n) is 9.61. The maximum Gasteiger partial charge on any atom is 0.236 e. The predicted octanol–water partition coefficient (Wildman–Crippen LogP) is 3.24. The second-order valence-corrected chi connectivity index (χ2v) is 10.6. The van der Waals surface area contributed by atoms with Crippen LogP contribution in [-0.4, -0.2) is 77.7 Å². The van der Waals surface area contributed by atoms with Gasteiger partial charge in [0, 0.05) is 49.3 Å². The number of piperidine rings is 1. The van der Waals surface area contributed by atoms with Crippen LogP contribution in [0.2, 0.25) is 0 Å². The van der Waals surface area contributed by atoms with Crippen molar-refractivity contribution in [3.8, 4) is 17.7 Å². The lowest BCUT2D eigenvalue weighted by Gasteiger charge is -2.34. The average Bonchev–Trinajstić information content (AvgIpc) is 3.36. The summed E-state index contributed by atoms with van der Waals surface area (Å²) in [7, 11) is 0. The summed E-state index contributed by atoms with van der Waals surface area (Å²) < 4.78 is 11.7. The van der Waals surface area contributed by atoms with Crippen LogP contribution in [0, 0.1) is 25.2 Å². The summed E-state index contributed by atoms with van der Waals surface area (Å²) in [6.07, 6.45) is 1.85. The van der Waals surface area contributed by atoms with Crippen LogP contribution in [0.1, 0.15) is 40.8 Å². The summed E-state index contributed by atoms with van der Waals surface area (Å²) in [6, 6.07) is 6.14. The van der Waals surface area contributed by atoms with Crippen LogP contribution < -0.4 is 10.1 Å². The van der Waals surface area contributed by atoms with Crippen molar-refractivity contribution in [1.29, 1.82) is 5.26 Å². The van der Waals surface area contributed by atoms with E-state index in [1.807, 2.05) is 42.6 Å². The number of amides is 1. The van der Waals surface area contributed by atoms with Gasteiger partial charge in [-0.15, -0.1) is 0 Å². The van der Waals surface area contributed by atoms with E-state index >= 15 is 0 Å². The number of aryl methyl sites for hydroxylation is 2. The Kier molecular flexibility index (Phi) is 7.60. The summed E-state index contributed by atoms with van der Waals surface area (Å²) in [5.74, 6) is 3.80. The number of ether oxygens (including phenoxy) is 2. The molecule has 1 aromatic heterocycles. The highest BCUT2D eigenvalue weighted by Gasteiger charge is 2.26. The van der Waals surface area contributed by atoms with Crippen LogP contribution in [0.25, 0.3) is 0 Å². The summed E-state index contributed by atoms with van der Waals surface area (Å²) >= 11 is 1.81. The number of nitrogens with zero attached hydrogens (tertiary/aromatic N) is 5. The first kappa shape index (κ1) is 24.8. The molecule has 1 amide bonds. The second kappa shape index (κ2) is 11.0. The third-order valence-corrected chi connectivity index (χ3v) is 7.94. The zero-order chi connectivity index (χ0) is 25.1. The largest absolute Gasteiger partial charge is 0.438 e. The molecule has 1 N–H and O–H groups in total. The molecule has 0 atom stereocenters. The Hall–Kier alpha value is -2.87. The molecule has 36 heavy (non-hydrogen) atoms. The van der Waals surface area contributed by atoms with Crippen LogP contribution in [0.3, 0.4) is 0 Å². The van der Waals surface area contributed by atoms with E-state index in [0.29, 0.717) is 50.2 Å². The first-order valence-electron chi connectivity index (χ1n) is 12.5. The predicted molar refractivity (Wildman–Crippen MR) is 138 cm³/mol. The van der Waals surface area contributed by atoms with E-state index in [1.165, 1.54) is 0 Å². The Morgan fingerprint density at radius 2 is 1.89 bits per heavy atom. The summed E-state index contributed by atoms with van der Waals surface area (Å²) in [6.45, 7) is 8.75. The van der Waals surface area contributed by atoms with E-state index in [-0.39, 0.29) is 11.9 Å². The third-order valence-electron chi connectivity index (χ3n) is 6.97. The number of nitrogens with one attached hydrogen (secondary N) is 1. The topological polar surface area (TPSA) is 104 Å². The zero-order valence-electron chi connectivity index (χ0n) is 20.9. The average molecular weight is 509 g/mol. The van der Waals surface area contributed by atoms with Crippen LogP contribution in [-0.2, 0) is 21.0 Å². The molecule has 2 fully saturated rings. The molecule has 9 nitrogen and oxygen atoms in total. The van der Waals surface area contributed by atoms with Gasteiger partial charge in [-0.3, -0.25) is 9.69 Å². The van der Waals surface area contributed by atoms with Gasteiger partial charge in [-0.1, -0.05) is 0 Å². The standard InChI is InChI=1S/C26H32N6O3S/c1-17-11-19(13-27)12-18(2)24(17)35-25-21-15-36-16-22(21)29-26(30-25)28-20-3-5-31(6-4-20)14-23(33)32-7-9-34-10-8-32/h11-12,20H,3-10,14-16H2,1-2H3,(H,28,29,30). The molecule has 10 heteroatoms. The summed E-state index contributed by atoms with van der Waals surface area (Å²) in [4.78, 5) is 26.3. The van der Waals surface area contributed by atoms with Gasteiger partial charge in [0.15, 0.2) is 0 Å². The molecular formula is C26H32N6O3S. The Morgan fingerprint density at radius 3 is 2.58 bits per heavy atom. The van der Waals surface area contributed by atoms with Crippen molar-refractivity contribution in [3.63, 3.8) is 0 Å². The first-order chi connectivity index (χ1) is 17.5. The lowest BCUT2D eigenvalue weighted by Crippen LogP contribution is -2.48. The minimum Gasteiger partial charge on any atom is -0.438 e. The van der Waals surface area contributed by atoms with E-state index in [9.17, 15) is 10.1 Å². The van der Waals surface area contributed by atoms with Crippen molar-refractivity contribution in [3.05, 3.63) is 40.1 Å². The number of rotatable bonds is 6. The number of benzene rings is 1. The van der Waals surface area contributed by atoms with Gasteiger partial charge in [0.2, 0.25) is 17.7 Å². The first-order valence-corrected chi connectivity index (χ1v) is 13.7. The Bertz CT molecular complexity index is 1150. The fourth-order valence-electron chi connectivity index (χ4n) is 4.97. The lowest BCUT2D eigenvalue weighted by atomic mass is 10.1. The number of thioether (sulfide) groups is 1. The molecule has 0 unspecified atom stereocenters. The molecule has 2 saturated heterocycles. The number of morpholine rings is 1. The van der Waals surface area contributed by atoms with Crippen molar-refractivity contribution < 1.29 is 14.3 Å². The molecule has 2 aromatic rings. The third kappa shape index (κ3) is 5.59. The number of hydrogen-bond acceptors (Lipinski definition) is 9. The maximum atomic E-state index is 12.6. The Balaban J connectivity index is 1.23. The van der Waals surface area contributed by atoms with Crippen LogP contribution in [0.15, 0.2) is 12.1 Å². The minimum absolute atomic E-state index is 0.194. The molecular weight excluding hydrogens is 476 g/mol. The molecule has 0 aliphatic carbocycles. The number of carbonyl (C=O) groups is 1. The highest BCUT2D eigenvalue weighted by molar-refractivity contribution is 7.98. The number of hydrogen-bond donors (Lipinski definition) is 1. The molecule has 190 valence electrons. The molecule has 0 bridgehead atoms. The molecule has 0 radical (unpaired) electrons. The van der Waals surface area contributed by atoms with Crippen molar-refractivity contribution in [2.75, 3.05) is 51.3 Å². The van der Waals surface area contributed by atoms with Crippen molar-refractivity contribution >= 4 is 23.6 Å². The Labute approximate surface area is 216 Å². The molecule has 3 aliphatic rings. The van der Waals surface area contributed by atoms with Gasteiger partial charge < -0.3 is 19.7 Å². The minimum atomic E-state index is 0.194. The van der Waals surface area contributed by atoms with Crippen LogP contribution >= 0.6 is 11.8 Å². The lowest BCUT2D eigenvalue weighted by molar-refractivity contribution is -0.136. The number of aromatic nitrogens is 2. The monoisotopic (exact) mass is 508 g/mol. The van der Waals surface area contributed by atoms with E-state index < -0.39 is 0 Å². The van der Waals surface area contributed by atoms with Gasteiger partial charge in [0.05, 0.1) is 37.1 Å². The van der Waals surface area contributed by atoms with Crippen LogP contribution in [0.4, 0.5) is 5.95 Å². The fourth-order valence-corrected chi connectivity index (χ4v) is 5.99. The molecule has 0 saturated carbocycles. The summed E-state index contributed by atoms with van der Waals surface area (Å²) in [5, 5.41) is 12.8. The van der Waals surface area contributed by atoms with Gasteiger partial charge >= 0.3 is 0 Å². The normalized spacial score (nSPS) is 18.5. The molecule has 1 aromatic carbocycles. The number of fused-ring (bicyclic) bond motifs is 1. The van der Waals surface area contributed by atoms with Gasteiger partial charge in [0.1, 0.15) is 5.75 Å². The Morgan fingerprint density at radius 1 is 1.17 bits per heavy atom. The van der Waals surface area contributed by atoms with Crippen molar-refractivity contribution in [2.24, 2.45) is 0 Å². The number of anilines is 1. The molecule has 0 spiro atoms. The van der Waals surface area contributed by atoms with Crippen LogP contribution in [0.5, 0.6) is 11.6 Å². The van der Waals surface area contributed by atoms with Gasteiger partial charge in [-0.2, -0.15) is 22.0 Å². The van der Waals surface area contributed by atoms with Gasteiger partial charge in [0.25, 0.3) is 0 Å². The number of carbonyl (C=O) groups excluding carboxylic acids is 1. The molecule has 5 rings (SSSR count). The quantitative estimate of drug-likeness (QED) is 0.630. The fraction of sp³-hybridized carbons (Fsp3) is 0.538.